The minimum Gasteiger partial charge on any atom is -0.452 e. The topological polar surface area (TPSA) is 136 Å². The third-order valence-electron chi connectivity index (χ3n) is 3.28. The van der Waals surface area contributed by atoms with E-state index in [2.05, 4.69) is 15.0 Å². The highest BCUT2D eigenvalue weighted by molar-refractivity contribution is 5.74. The highest BCUT2D eigenvalue weighted by atomic mass is 16.6. The summed E-state index contributed by atoms with van der Waals surface area (Å²) >= 11 is 0. The second kappa shape index (κ2) is 4.42. The Bertz CT molecular complexity index is 821. The van der Waals surface area contributed by atoms with E-state index in [4.69, 9.17) is 10.5 Å². The lowest BCUT2D eigenvalue weighted by Gasteiger charge is -2.11. The molecule has 1 unspecified atom stereocenters. The number of fused-ring (bicyclic) bond motifs is 1. The van der Waals surface area contributed by atoms with Gasteiger partial charge in [-0.3, -0.25) is 19.1 Å². The number of hydrogen-bond acceptors (Lipinski definition) is 7. The molecule has 0 bridgehead atoms. The smallest absolute Gasteiger partial charge is 0.303 e. The number of carbonyl (C=O) groups excluding carboxylic acids is 1. The van der Waals surface area contributed by atoms with E-state index in [-0.39, 0.29) is 18.1 Å². The van der Waals surface area contributed by atoms with Gasteiger partial charge in [0.05, 0.1) is 6.61 Å². The van der Waals surface area contributed by atoms with E-state index in [9.17, 15) is 14.7 Å². The molecule has 0 amide bonds. The summed E-state index contributed by atoms with van der Waals surface area (Å²) in [4.78, 5) is 33.1. The number of anilines is 1. The number of rotatable bonds is 3. The summed E-state index contributed by atoms with van der Waals surface area (Å²) in [6.07, 6.45) is 3.45. The minimum atomic E-state index is -0.977. The van der Waals surface area contributed by atoms with Crippen molar-refractivity contribution in [1.82, 2.24) is 19.5 Å². The number of imidazole rings is 1. The Morgan fingerprint density at radius 3 is 3.14 bits per heavy atom. The van der Waals surface area contributed by atoms with Gasteiger partial charge in [0.1, 0.15) is 6.33 Å². The van der Waals surface area contributed by atoms with Gasteiger partial charge in [0.25, 0.3) is 5.56 Å². The van der Waals surface area contributed by atoms with E-state index in [0.717, 1.165) is 0 Å². The van der Waals surface area contributed by atoms with E-state index in [0.29, 0.717) is 17.6 Å². The van der Waals surface area contributed by atoms with Crippen molar-refractivity contribution in [3.63, 3.8) is 0 Å². The van der Waals surface area contributed by atoms with Crippen molar-refractivity contribution in [2.75, 3.05) is 12.3 Å². The van der Waals surface area contributed by atoms with Gasteiger partial charge >= 0.3 is 5.97 Å². The number of carbonyl (C=O) groups is 1. The zero-order chi connectivity index (χ0) is 15.2. The zero-order valence-corrected chi connectivity index (χ0v) is 11.2. The molecule has 0 spiro atoms. The van der Waals surface area contributed by atoms with E-state index in [1.165, 1.54) is 17.8 Å². The summed E-state index contributed by atoms with van der Waals surface area (Å²) in [6.45, 7) is 0.975. The zero-order valence-electron chi connectivity index (χ0n) is 11.2. The number of aromatic nitrogens is 4. The molecule has 3 rings (SSSR count). The number of esters is 1. The van der Waals surface area contributed by atoms with Crippen LogP contribution in [0.2, 0.25) is 0 Å². The third-order valence-corrected chi connectivity index (χ3v) is 3.28. The van der Waals surface area contributed by atoms with Crippen LogP contribution in [-0.4, -0.2) is 42.8 Å². The van der Waals surface area contributed by atoms with Crippen LogP contribution >= 0.6 is 0 Å². The molecule has 21 heavy (non-hydrogen) atoms. The number of nitrogens with two attached hydrogens (primary N) is 1. The van der Waals surface area contributed by atoms with Crippen LogP contribution in [0.3, 0.4) is 0 Å². The van der Waals surface area contributed by atoms with E-state index in [1.54, 1.807) is 6.20 Å². The number of nitrogens with zero attached hydrogens (tertiary/aromatic N) is 3. The average Bonchev–Trinajstić information content (AvgIpc) is 2.90. The summed E-state index contributed by atoms with van der Waals surface area (Å²) in [5.74, 6) is -0.487. The van der Waals surface area contributed by atoms with Gasteiger partial charge in [0.15, 0.2) is 16.8 Å². The van der Waals surface area contributed by atoms with Gasteiger partial charge in [0.2, 0.25) is 5.95 Å². The lowest BCUT2D eigenvalue weighted by atomic mass is 10.3. The Labute approximate surface area is 118 Å². The fourth-order valence-electron chi connectivity index (χ4n) is 2.20. The molecule has 9 heteroatoms. The molecule has 1 fully saturated rings. The first kappa shape index (κ1) is 13.3. The predicted octanol–water partition coefficient (Wildman–Crippen LogP) is -0.759. The summed E-state index contributed by atoms with van der Waals surface area (Å²) < 4.78 is 6.63. The number of H-pyrrole nitrogens is 1. The summed E-state index contributed by atoms with van der Waals surface area (Å²) in [7, 11) is 0. The molecule has 0 radical (unpaired) electrons. The van der Waals surface area contributed by atoms with Crippen LogP contribution in [0.1, 0.15) is 13.3 Å². The van der Waals surface area contributed by atoms with Crippen molar-refractivity contribution >= 4 is 29.3 Å². The van der Waals surface area contributed by atoms with E-state index in [1.807, 2.05) is 0 Å². The van der Waals surface area contributed by atoms with Gasteiger partial charge in [-0.1, -0.05) is 0 Å². The Hall–Kier alpha value is -2.68. The lowest BCUT2D eigenvalue weighted by Crippen LogP contribution is -2.22. The maximum atomic E-state index is 11.7. The monoisotopic (exact) mass is 291 g/mol. The van der Waals surface area contributed by atoms with Gasteiger partial charge in [-0.15, -0.1) is 0 Å². The molecule has 9 nitrogen and oxygen atoms in total. The van der Waals surface area contributed by atoms with Gasteiger partial charge in [-0.05, 0) is 5.57 Å². The van der Waals surface area contributed by atoms with Crippen LogP contribution in [0.4, 0.5) is 5.95 Å². The van der Waals surface area contributed by atoms with Gasteiger partial charge in [-0.2, -0.15) is 4.98 Å². The van der Waals surface area contributed by atoms with Crippen LogP contribution in [0.5, 0.6) is 0 Å². The van der Waals surface area contributed by atoms with Crippen LogP contribution in [0, 0.1) is 0 Å². The summed E-state index contributed by atoms with van der Waals surface area (Å²) in [5.41, 5.74) is 5.26. The largest absolute Gasteiger partial charge is 0.452 e. The third kappa shape index (κ3) is 2.17. The highest BCUT2D eigenvalue weighted by Crippen LogP contribution is 2.46. The van der Waals surface area contributed by atoms with Gasteiger partial charge in [0, 0.05) is 19.5 Å². The highest BCUT2D eigenvalue weighted by Gasteiger charge is 2.52. The second-order valence-electron chi connectivity index (χ2n) is 4.85. The molecule has 2 aromatic heterocycles. The number of aliphatic hydroxyl groups is 1. The normalized spacial score (nSPS) is 22.7. The average molecular weight is 291 g/mol. The Balaban J connectivity index is 2.02. The molecule has 4 N–H and O–H groups in total. The van der Waals surface area contributed by atoms with Gasteiger partial charge in [-0.25, -0.2) is 4.98 Å². The van der Waals surface area contributed by atoms with Crippen LogP contribution in [0.25, 0.3) is 17.4 Å². The molecule has 2 aromatic rings. The first-order valence-electron chi connectivity index (χ1n) is 6.19. The first-order chi connectivity index (χ1) is 9.95. The van der Waals surface area contributed by atoms with Crippen LogP contribution in [-0.2, 0) is 9.53 Å². The molecule has 1 aliphatic carbocycles. The van der Waals surface area contributed by atoms with Crippen molar-refractivity contribution in [2.24, 2.45) is 0 Å². The van der Waals surface area contributed by atoms with Gasteiger partial charge < -0.3 is 15.6 Å². The standard InChI is InChI=1S/C12H13N5O4/c1-6(19)21-12(4-18)2-7(12)3-17-5-14-8-9(17)15-11(13)16-10(8)20/h3,5,18H,2,4H2,1H3,(H3,13,15,16,20)/b7-3-. The number of nitrogen functional groups attached to an aromatic ring is 1. The molecule has 110 valence electrons. The molecule has 0 aliphatic heterocycles. The SMILES string of the molecule is CC(=O)OC1(CO)C/C1=C/n1cnc2c(=O)[nH]c(N)nc21. The number of aliphatic hydroxyl groups excluding tert-OH is 1. The van der Waals surface area contributed by atoms with Crippen molar-refractivity contribution in [2.45, 2.75) is 18.9 Å². The summed E-state index contributed by atoms with van der Waals surface area (Å²) in [5, 5.41) is 9.37. The Kier molecular flexibility index (Phi) is 2.80. The Morgan fingerprint density at radius 2 is 2.48 bits per heavy atom. The van der Waals surface area contributed by atoms with E-state index < -0.39 is 17.1 Å². The molecule has 0 saturated heterocycles. The molecule has 1 aliphatic rings. The second-order valence-corrected chi connectivity index (χ2v) is 4.85. The molecule has 0 aromatic carbocycles. The van der Waals surface area contributed by atoms with Crippen LogP contribution < -0.4 is 11.3 Å². The van der Waals surface area contributed by atoms with Crippen LogP contribution in [0.15, 0.2) is 16.7 Å². The van der Waals surface area contributed by atoms with E-state index >= 15 is 0 Å². The molecular formula is C12H13N5O4. The number of ether oxygens (including phenoxy) is 1. The number of aromatic amines is 1. The predicted molar refractivity (Wildman–Crippen MR) is 73.0 cm³/mol. The van der Waals surface area contributed by atoms with Crippen molar-refractivity contribution in [1.29, 1.82) is 0 Å². The Morgan fingerprint density at radius 1 is 1.71 bits per heavy atom. The maximum absolute atomic E-state index is 11.7. The fourth-order valence-corrected chi connectivity index (χ4v) is 2.20. The first-order valence-corrected chi connectivity index (χ1v) is 6.19. The molecular weight excluding hydrogens is 278 g/mol. The number of hydrogen-bond donors (Lipinski definition) is 3. The molecule has 2 heterocycles. The van der Waals surface area contributed by atoms with Crippen molar-refractivity contribution in [3.8, 4) is 0 Å². The maximum Gasteiger partial charge on any atom is 0.303 e. The fraction of sp³-hybridized carbons (Fsp3) is 0.333. The van der Waals surface area contributed by atoms with Crippen molar-refractivity contribution < 1.29 is 14.6 Å². The number of nitrogens with one attached hydrogen (secondary N) is 1. The lowest BCUT2D eigenvalue weighted by molar-refractivity contribution is -0.149. The van der Waals surface area contributed by atoms with Crippen molar-refractivity contribution in [3.05, 3.63) is 22.3 Å². The molecule has 1 saturated carbocycles. The minimum absolute atomic E-state index is 0.0168. The molecule has 1 atom stereocenters. The summed E-state index contributed by atoms with van der Waals surface area (Å²) in [6, 6.07) is 0. The quantitative estimate of drug-likeness (QED) is 0.632.